The van der Waals surface area contributed by atoms with Gasteiger partial charge in [-0.2, -0.15) is 0 Å². The third kappa shape index (κ3) is 1.94. The van der Waals surface area contributed by atoms with Crippen LogP contribution in [0.1, 0.15) is 50.8 Å². The van der Waals surface area contributed by atoms with Crippen molar-refractivity contribution >= 4 is 11.6 Å². The maximum Gasteiger partial charge on any atom is 0.269 e. The molecule has 1 N–H and O–H groups in total. The predicted molar refractivity (Wildman–Crippen MR) is 80.4 cm³/mol. The van der Waals surface area contributed by atoms with E-state index in [1.165, 1.54) is 12.1 Å². The van der Waals surface area contributed by atoms with E-state index in [2.05, 4.69) is 0 Å². The number of likely N-dealkylation sites (tertiary alicyclic amines) is 1. The SMILES string of the molecule is C[C@@H]1CCC(=O)N1[C@@H]1c2cc([N+](=O)[O-])ccc2C(C)(C)[C@H]1O. The molecule has 0 aromatic heterocycles. The Morgan fingerprint density at radius 3 is 2.64 bits per heavy atom. The first-order valence-electron chi connectivity index (χ1n) is 7.53. The number of aliphatic hydroxyl groups is 1. The van der Waals surface area contributed by atoms with Crippen LogP contribution in [0, 0.1) is 10.1 Å². The highest BCUT2D eigenvalue weighted by molar-refractivity contribution is 5.79. The fraction of sp³-hybridized carbons (Fsp3) is 0.562. The minimum Gasteiger partial charge on any atom is -0.390 e. The molecule has 0 radical (unpaired) electrons. The van der Waals surface area contributed by atoms with E-state index in [4.69, 9.17) is 0 Å². The van der Waals surface area contributed by atoms with Gasteiger partial charge in [0.15, 0.2) is 0 Å². The average molecular weight is 304 g/mol. The number of amides is 1. The second kappa shape index (κ2) is 4.78. The number of nitrogens with zero attached hydrogens (tertiary/aromatic N) is 2. The van der Waals surface area contributed by atoms with Crippen LogP contribution in [0.5, 0.6) is 0 Å². The minimum atomic E-state index is -0.769. The molecular weight excluding hydrogens is 284 g/mol. The second-order valence-corrected chi connectivity index (χ2v) is 6.83. The van der Waals surface area contributed by atoms with Gasteiger partial charge in [-0.25, -0.2) is 0 Å². The summed E-state index contributed by atoms with van der Waals surface area (Å²) in [5, 5.41) is 21.9. The van der Waals surface area contributed by atoms with Gasteiger partial charge in [-0.3, -0.25) is 14.9 Å². The molecule has 2 aliphatic rings. The van der Waals surface area contributed by atoms with Crippen LogP contribution >= 0.6 is 0 Å². The predicted octanol–water partition coefficient (Wildman–Crippen LogP) is 2.30. The number of aliphatic hydroxyl groups excluding tert-OH is 1. The van der Waals surface area contributed by atoms with E-state index in [1.54, 1.807) is 11.0 Å². The van der Waals surface area contributed by atoms with Gasteiger partial charge in [0.25, 0.3) is 5.69 Å². The number of hydrogen-bond acceptors (Lipinski definition) is 4. The van der Waals surface area contributed by atoms with Gasteiger partial charge >= 0.3 is 0 Å². The van der Waals surface area contributed by atoms with Gasteiger partial charge < -0.3 is 10.0 Å². The molecule has 6 heteroatoms. The van der Waals surface area contributed by atoms with Gasteiger partial charge in [0.05, 0.1) is 17.1 Å². The first-order valence-corrected chi connectivity index (χ1v) is 7.53. The first-order chi connectivity index (χ1) is 10.2. The Labute approximate surface area is 128 Å². The van der Waals surface area contributed by atoms with E-state index in [1.807, 2.05) is 20.8 Å². The summed E-state index contributed by atoms with van der Waals surface area (Å²) in [5.41, 5.74) is 1.03. The standard InChI is InChI=1S/C16H20N2O4/c1-9-4-7-13(19)17(9)14-11-8-10(18(21)22)5-6-12(11)16(2,3)15(14)20/h5-6,8-9,14-15,20H,4,7H2,1-3H3/t9-,14-,15+/m1/s1. The molecule has 1 fully saturated rings. The highest BCUT2D eigenvalue weighted by atomic mass is 16.6. The summed E-state index contributed by atoms with van der Waals surface area (Å²) in [5.74, 6) is 0.00621. The van der Waals surface area contributed by atoms with Crippen molar-refractivity contribution in [2.24, 2.45) is 0 Å². The van der Waals surface area contributed by atoms with Crippen LogP contribution in [0.3, 0.4) is 0 Å². The van der Waals surface area contributed by atoms with Crippen molar-refractivity contribution in [2.45, 2.75) is 57.2 Å². The molecule has 0 spiro atoms. The summed E-state index contributed by atoms with van der Waals surface area (Å²) in [6.07, 6.45) is 0.455. The van der Waals surface area contributed by atoms with Crippen LogP contribution in [0.25, 0.3) is 0 Å². The number of carbonyl (C=O) groups excluding carboxylic acids is 1. The number of non-ortho nitro benzene ring substituents is 1. The lowest BCUT2D eigenvalue weighted by Gasteiger charge is -2.34. The Morgan fingerprint density at radius 2 is 2.09 bits per heavy atom. The smallest absolute Gasteiger partial charge is 0.269 e. The fourth-order valence-electron chi connectivity index (χ4n) is 3.80. The van der Waals surface area contributed by atoms with E-state index >= 15 is 0 Å². The van der Waals surface area contributed by atoms with E-state index < -0.39 is 22.5 Å². The van der Waals surface area contributed by atoms with Gasteiger partial charge in [0.2, 0.25) is 5.91 Å². The molecule has 118 valence electrons. The van der Waals surface area contributed by atoms with Crippen molar-refractivity contribution in [3.05, 3.63) is 39.4 Å². The molecule has 22 heavy (non-hydrogen) atoms. The van der Waals surface area contributed by atoms with Crippen molar-refractivity contribution in [3.8, 4) is 0 Å². The van der Waals surface area contributed by atoms with Gasteiger partial charge in [-0.15, -0.1) is 0 Å². The molecule has 1 aromatic carbocycles. The zero-order valence-corrected chi connectivity index (χ0v) is 12.9. The van der Waals surface area contributed by atoms with E-state index in [0.717, 1.165) is 12.0 Å². The van der Waals surface area contributed by atoms with Crippen LogP contribution < -0.4 is 0 Å². The summed E-state index contributed by atoms with van der Waals surface area (Å²) in [7, 11) is 0. The normalized spacial score (nSPS) is 29.7. The lowest BCUT2D eigenvalue weighted by molar-refractivity contribution is -0.385. The molecule has 1 aliphatic carbocycles. The summed E-state index contributed by atoms with van der Waals surface area (Å²) in [6, 6.07) is 4.21. The molecule has 1 heterocycles. The molecule has 1 saturated heterocycles. The Bertz CT molecular complexity index is 656. The second-order valence-electron chi connectivity index (χ2n) is 6.83. The largest absolute Gasteiger partial charge is 0.390 e. The number of nitro benzene ring substituents is 1. The van der Waals surface area contributed by atoms with Crippen LogP contribution in [-0.2, 0) is 10.2 Å². The summed E-state index contributed by atoms with van der Waals surface area (Å²) >= 11 is 0. The molecule has 0 saturated carbocycles. The molecule has 3 rings (SSSR count). The highest BCUT2D eigenvalue weighted by Gasteiger charge is 2.51. The number of carbonyl (C=O) groups is 1. The minimum absolute atomic E-state index is 0.00621. The average Bonchev–Trinajstić information content (AvgIpc) is 2.87. The van der Waals surface area contributed by atoms with Crippen LogP contribution in [0.15, 0.2) is 18.2 Å². The van der Waals surface area contributed by atoms with Gasteiger partial charge in [-0.1, -0.05) is 19.9 Å². The Hall–Kier alpha value is -1.95. The van der Waals surface area contributed by atoms with E-state index in [0.29, 0.717) is 12.0 Å². The summed E-state index contributed by atoms with van der Waals surface area (Å²) < 4.78 is 0. The lowest BCUT2D eigenvalue weighted by Crippen LogP contribution is -2.43. The number of fused-ring (bicyclic) bond motifs is 1. The molecule has 0 bridgehead atoms. The van der Waals surface area contributed by atoms with Crippen molar-refractivity contribution in [1.29, 1.82) is 0 Å². The van der Waals surface area contributed by atoms with Crippen LogP contribution in [0.4, 0.5) is 5.69 Å². The maximum absolute atomic E-state index is 12.2. The molecule has 0 unspecified atom stereocenters. The number of rotatable bonds is 2. The zero-order valence-electron chi connectivity index (χ0n) is 12.9. The quantitative estimate of drug-likeness (QED) is 0.671. The molecule has 1 amide bonds. The topological polar surface area (TPSA) is 83.7 Å². The third-order valence-corrected chi connectivity index (χ3v) is 5.14. The van der Waals surface area contributed by atoms with E-state index in [9.17, 15) is 20.0 Å². The van der Waals surface area contributed by atoms with Crippen molar-refractivity contribution < 1.29 is 14.8 Å². The number of benzene rings is 1. The Balaban J connectivity index is 2.15. The lowest BCUT2D eigenvalue weighted by atomic mass is 9.84. The molecule has 1 aliphatic heterocycles. The maximum atomic E-state index is 12.2. The molecule has 6 nitrogen and oxygen atoms in total. The molecule has 3 atom stereocenters. The van der Waals surface area contributed by atoms with Crippen LogP contribution in [-0.4, -0.2) is 33.0 Å². The zero-order chi connectivity index (χ0) is 16.2. The fourth-order valence-corrected chi connectivity index (χ4v) is 3.80. The van der Waals surface area contributed by atoms with Crippen molar-refractivity contribution in [1.82, 2.24) is 4.90 Å². The Morgan fingerprint density at radius 1 is 1.41 bits per heavy atom. The van der Waals surface area contributed by atoms with Gasteiger partial charge in [-0.05, 0) is 24.5 Å². The molecular formula is C16H20N2O4. The highest BCUT2D eigenvalue weighted by Crippen LogP contribution is 2.50. The summed E-state index contributed by atoms with van der Waals surface area (Å²) in [4.78, 5) is 24.6. The monoisotopic (exact) mass is 304 g/mol. The van der Waals surface area contributed by atoms with Crippen molar-refractivity contribution in [2.75, 3.05) is 0 Å². The van der Waals surface area contributed by atoms with Crippen molar-refractivity contribution in [3.63, 3.8) is 0 Å². The van der Waals surface area contributed by atoms with Gasteiger partial charge in [0.1, 0.15) is 0 Å². The van der Waals surface area contributed by atoms with Crippen LogP contribution in [0.2, 0.25) is 0 Å². The first kappa shape index (κ1) is 15.0. The number of hydrogen-bond donors (Lipinski definition) is 1. The van der Waals surface area contributed by atoms with E-state index in [-0.39, 0.29) is 17.6 Å². The molecule has 1 aromatic rings. The number of nitro groups is 1. The third-order valence-electron chi connectivity index (χ3n) is 5.14. The Kier molecular flexibility index (Phi) is 3.25. The van der Waals surface area contributed by atoms with Gasteiger partial charge in [0, 0.05) is 30.0 Å². The summed E-state index contributed by atoms with van der Waals surface area (Å²) in [6.45, 7) is 5.78.